The second-order valence-electron chi connectivity index (χ2n) is 4.99. The van der Waals surface area contributed by atoms with Gasteiger partial charge < -0.3 is 10.2 Å². The summed E-state index contributed by atoms with van der Waals surface area (Å²) in [5.74, 6) is 1.06. The zero-order valence-electron chi connectivity index (χ0n) is 11.0. The van der Waals surface area contributed by atoms with E-state index >= 15 is 0 Å². The molecule has 1 aromatic carbocycles. The monoisotopic (exact) mass is 255 g/mol. The minimum absolute atomic E-state index is 0.0396. The lowest BCUT2D eigenvalue weighted by molar-refractivity contribution is -0.119. The molecule has 1 aromatic heterocycles. The smallest absolute Gasteiger partial charge is 0.217 e. The predicted molar refractivity (Wildman–Crippen MR) is 76.2 cm³/mol. The van der Waals surface area contributed by atoms with Crippen LogP contribution in [0.3, 0.4) is 0 Å². The van der Waals surface area contributed by atoms with Gasteiger partial charge in [0.05, 0.1) is 0 Å². The summed E-state index contributed by atoms with van der Waals surface area (Å²) in [4.78, 5) is 17.9. The first-order valence-electron chi connectivity index (χ1n) is 6.60. The summed E-state index contributed by atoms with van der Waals surface area (Å²) in [6.45, 7) is 3.34. The van der Waals surface area contributed by atoms with Gasteiger partial charge in [0, 0.05) is 37.6 Å². The Labute approximate surface area is 112 Å². The van der Waals surface area contributed by atoms with Crippen LogP contribution in [0, 0.1) is 0 Å². The van der Waals surface area contributed by atoms with Gasteiger partial charge in [-0.1, -0.05) is 24.3 Å². The third-order valence-corrected chi connectivity index (χ3v) is 3.55. The van der Waals surface area contributed by atoms with Crippen LogP contribution in [-0.4, -0.2) is 30.0 Å². The molecule has 3 rings (SSSR count). The lowest BCUT2D eigenvalue weighted by Crippen LogP contribution is -2.35. The molecule has 2 heterocycles. The summed E-state index contributed by atoms with van der Waals surface area (Å²) in [5.41, 5.74) is 0. The molecule has 1 saturated heterocycles. The molecule has 1 N–H and O–H groups in total. The lowest BCUT2D eigenvalue weighted by Gasteiger charge is -2.19. The number of nitrogens with zero attached hydrogens (tertiary/aromatic N) is 2. The van der Waals surface area contributed by atoms with Crippen molar-refractivity contribution in [2.45, 2.75) is 19.4 Å². The second kappa shape index (κ2) is 4.88. The van der Waals surface area contributed by atoms with Crippen LogP contribution in [0.2, 0.25) is 0 Å². The summed E-state index contributed by atoms with van der Waals surface area (Å²) in [6, 6.07) is 10.5. The summed E-state index contributed by atoms with van der Waals surface area (Å²) >= 11 is 0. The average molecular weight is 255 g/mol. The Balaban J connectivity index is 1.87. The van der Waals surface area contributed by atoms with Crippen LogP contribution in [0.15, 0.2) is 36.5 Å². The molecule has 19 heavy (non-hydrogen) atoms. The van der Waals surface area contributed by atoms with Crippen molar-refractivity contribution in [3.8, 4) is 0 Å². The maximum atomic E-state index is 11.1. The van der Waals surface area contributed by atoms with Gasteiger partial charge in [0.15, 0.2) is 0 Å². The zero-order chi connectivity index (χ0) is 13.2. The molecule has 1 aliphatic heterocycles. The first kappa shape index (κ1) is 12.0. The molecule has 1 aliphatic rings. The standard InChI is InChI=1S/C15H17N3O/c1-11(19)17-13-7-9-18(10-13)15-14-5-3-2-4-12(14)6-8-16-15/h2-6,8,13H,7,9-10H2,1H3,(H,17,19). The Morgan fingerprint density at radius 2 is 2.21 bits per heavy atom. The van der Waals surface area contributed by atoms with E-state index in [1.807, 2.05) is 24.4 Å². The van der Waals surface area contributed by atoms with Crippen LogP contribution in [0.1, 0.15) is 13.3 Å². The van der Waals surface area contributed by atoms with E-state index in [1.165, 1.54) is 10.8 Å². The Morgan fingerprint density at radius 3 is 3.05 bits per heavy atom. The van der Waals surface area contributed by atoms with Crippen LogP contribution in [0.25, 0.3) is 10.8 Å². The van der Waals surface area contributed by atoms with Crippen LogP contribution in [-0.2, 0) is 4.79 Å². The van der Waals surface area contributed by atoms with E-state index in [1.54, 1.807) is 6.92 Å². The minimum atomic E-state index is 0.0396. The predicted octanol–water partition coefficient (Wildman–Crippen LogP) is 1.95. The van der Waals surface area contributed by atoms with Crippen LogP contribution >= 0.6 is 0 Å². The third kappa shape index (κ3) is 2.38. The fourth-order valence-electron chi connectivity index (χ4n) is 2.71. The van der Waals surface area contributed by atoms with E-state index in [0.29, 0.717) is 0 Å². The summed E-state index contributed by atoms with van der Waals surface area (Å²) < 4.78 is 0. The molecule has 1 atom stereocenters. The Morgan fingerprint density at radius 1 is 1.37 bits per heavy atom. The van der Waals surface area contributed by atoms with Gasteiger partial charge in [0.25, 0.3) is 0 Å². The Hall–Kier alpha value is -2.10. The van der Waals surface area contributed by atoms with Crippen molar-refractivity contribution in [3.63, 3.8) is 0 Å². The summed E-state index contributed by atoms with van der Waals surface area (Å²) in [6.07, 6.45) is 2.83. The molecule has 1 amide bonds. The molecule has 1 unspecified atom stereocenters. The number of carbonyl (C=O) groups excluding carboxylic acids is 1. The number of nitrogens with one attached hydrogen (secondary N) is 1. The average Bonchev–Trinajstić information content (AvgIpc) is 2.85. The number of benzene rings is 1. The third-order valence-electron chi connectivity index (χ3n) is 3.55. The second-order valence-corrected chi connectivity index (χ2v) is 4.99. The van der Waals surface area contributed by atoms with Gasteiger partial charge in [-0.15, -0.1) is 0 Å². The summed E-state index contributed by atoms with van der Waals surface area (Å²) in [7, 11) is 0. The molecule has 4 heteroatoms. The number of carbonyl (C=O) groups is 1. The van der Waals surface area contributed by atoms with Gasteiger partial charge in [-0.25, -0.2) is 4.98 Å². The number of pyridine rings is 1. The molecule has 0 bridgehead atoms. The quantitative estimate of drug-likeness (QED) is 0.892. The van der Waals surface area contributed by atoms with E-state index in [2.05, 4.69) is 27.3 Å². The fourth-order valence-corrected chi connectivity index (χ4v) is 2.71. The number of anilines is 1. The van der Waals surface area contributed by atoms with E-state index in [0.717, 1.165) is 25.3 Å². The highest BCUT2D eigenvalue weighted by Crippen LogP contribution is 2.26. The number of fused-ring (bicyclic) bond motifs is 1. The maximum Gasteiger partial charge on any atom is 0.217 e. The first-order valence-corrected chi connectivity index (χ1v) is 6.60. The highest BCUT2D eigenvalue weighted by atomic mass is 16.1. The van der Waals surface area contributed by atoms with Crippen LogP contribution in [0.5, 0.6) is 0 Å². The van der Waals surface area contributed by atoms with E-state index in [4.69, 9.17) is 0 Å². The zero-order valence-corrected chi connectivity index (χ0v) is 11.0. The topological polar surface area (TPSA) is 45.2 Å². The number of rotatable bonds is 2. The molecule has 0 aliphatic carbocycles. The van der Waals surface area contributed by atoms with Gasteiger partial charge in [-0.3, -0.25) is 4.79 Å². The van der Waals surface area contributed by atoms with Gasteiger partial charge in [0.2, 0.25) is 5.91 Å². The van der Waals surface area contributed by atoms with Gasteiger partial charge in [-0.2, -0.15) is 0 Å². The van der Waals surface area contributed by atoms with Crippen molar-refractivity contribution in [2.24, 2.45) is 0 Å². The summed E-state index contributed by atoms with van der Waals surface area (Å²) in [5, 5.41) is 5.36. The number of hydrogen-bond donors (Lipinski definition) is 1. The van der Waals surface area contributed by atoms with Gasteiger partial charge >= 0.3 is 0 Å². The first-order chi connectivity index (χ1) is 9.24. The van der Waals surface area contributed by atoms with E-state index < -0.39 is 0 Å². The molecular weight excluding hydrogens is 238 g/mol. The van der Waals surface area contributed by atoms with Crippen molar-refractivity contribution < 1.29 is 4.79 Å². The minimum Gasteiger partial charge on any atom is -0.354 e. The molecular formula is C15H17N3O. The van der Waals surface area contributed by atoms with Gasteiger partial charge in [-0.05, 0) is 17.9 Å². The maximum absolute atomic E-state index is 11.1. The van der Waals surface area contributed by atoms with Crippen molar-refractivity contribution in [1.82, 2.24) is 10.3 Å². The molecule has 2 aromatic rings. The van der Waals surface area contributed by atoms with Crippen LogP contribution in [0.4, 0.5) is 5.82 Å². The number of amides is 1. The fraction of sp³-hybridized carbons (Fsp3) is 0.333. The number of hydrogen-bond acceptors (Lipinski definition) is 3. The van der Waals surface area contributed by atoms with Crippen molar-refractivity contribution in [3.05, 3.63) is 36.5 Å². The molecule has 4 nitrogen and oxygen atoms in total. The SMILES string of the molecule is CC(=O)NC1CCN(c2nccc3ccccc23)C1. The van der Waals surface area contributed by atoms with E-state index in [9.17, 15) is 4.79 Å². The van der Waals surface area contributed by atoms with Crippen molar-refractivity contribution >= 4 is 22.5 Å². The Bertz CT molecular complexity index is 606. The lowest BCUT2D eigenvalue weighted by atomic mass is 10.1. The number of aromatic nitrogens is 1. The van der Waals surface area contributed by atoms with Gasteiger partial charge in [0.1, 0.15) is 5.82 Å². The Kier molecular flexibility index (Phi) is 3.07. The highest BCUT2D eigenvalue weighted by Gasteiger charge is 2.24. The largest absolute Gasteiger partial charge is 0.354 e. The van der Waals surface area contributed by atoms with E-state index in [-0.39, 0.29) is 11.9 Å². The molecule has 1 fully saturated rings. The normalized spacial score (nSPS) is 18.8. The highest BCUT2D eigenvalue weighted by molar-refractivity contribution is 5.92. The molecule has 0 radical (unpaired) electrons. The van der Waals surface area contributed by atoms with Crippen molar-refractivity contribution in [1.29, 1.82) is 0 Å². The molecule has 98 valence electrons. The van der Waals surface area contributed by atoms with Crippen molar-refractivity contribution in [2.75, 3.05) is 18.0 Å². The van der Waals surface area contributed by atoms with Crippen LogP contribution < -0.4 is 10.2 Å². The molecule has 0 saturated carbocycles. The molecule has 0 spiro atoms.